The molecule has 0 saturated heterocycles. The van der Waals surface area contributed by atoms with E-state index in [1.807, 2.05) is 42.5 Å². The molecule has 0 aliphatic heterocycles. The summed E-state index contributed by atoms with van der Waals surface area (Å²) in [6, 6.07) is 9.55. The molecule has 1 aromatic rings. The fraction of sp³-hybridized carbons (Fsp3) is 0.231. The zero-order valence-corrected chi connectivity index (χ0v) is 8.48. The fourth-order valence-electron chi connectivity index (χ4n) is 1.21. The first-order valence-corrected chi connectivity index (χ1v) is 4.84. The van der Waals surface area contributed by atoms with Crippen LogP contribution in [0, 0.1) is 0 Å². The van der Waals surface area contributed by atoms with E-state index in [1.54, 1.807) is 0 Å². The molecule has 74 valence electrons. The Labute approximate surface area is 85.4 Å². The molecule has 14 heavy (non-hydrogen) atoms. The van der Waals surface area contributed by atoms with E-state index in [0.717, 1.165) is 17.6 Å². The van der Waals surface area contributed by atoms with Gasteiger partial charge in [-0.2, -0.15) is 0 Å². The second-order valence-corrected chi connectivity index (χ2v) is 3.20. The summed E-state index contributed by atoms with van der Waals surface area (Å²) in [5, 5.41) is 9.86. The van der Waals surface area contributed by atoms with Crippen molar-refractivity contribution in [1.82, 2.24) is 0 Å². The Kier molecular flexibility index (Phi) is 4.14. The van der Waals surface area contributed by atoms with Gasteiger partial charge in [0.25, 0.3) is 0 Å². The van der Waals surface area contributed by atoms with Crippen molar-refractivity contribution in [2.24, 2.45) is 0 Å². The molecule has 1 N–H and O–H groups in total. The Morgan fingerprint density at radius 2 is 2.07 bits per heavy atom. The molecular weight excluding hydrogens is 172 g/mol. The highest BCUT2D eigenvalue weighted by Crippen LogP contribution is 2.20. The summed E-state index contributed by atoms with van der Waals surface area (Å²) in [7, 11) is 0. The minimum atomic E-state index is -0.584. The van der Waals surface area contributed by atoms with Crippen LogP contribution in [0.1, 0.15) is 25.0 Å². The first kappa shape index (κ1) is 10.7. The number of aliphatic hydroxyl groups is 1. The highest BCUT2D eigenvalue weighted by atomic mass is 16.3. The third-order valence-electron chi connectivity index (χ3n) is 2.03. The van der Waals surface area contributed by atoms with Crippen molar-refractivity contribution >= 4 is 0 Å². The topological polar surface area (TPSA) is 20.2 Å². The predicted molar refractivity (Wildman–Crippen MR) is 60.0 cm³/mol. The summed E-state index contributed by atoms with van der Waals surface area (Å²) >= 11 is 0. The maximum absolute atomic E-state index is 9.86. The van der Waals surface area contributed by atoms with E-state index >= 15 is 0 Å². The SMILES string of the molecule is C=C(/C=C/CC)C(O)c1ccccc1. The second kappa shape index (κ2) is 5.40. The van der Waals surface area contributed by atoms with Gasteiger partial charge in [0.05, 0.1) is 0 Å². The normalized spacial score (nSPS) is 13.0. The molecule has 0 heterocycles. The van der Waals surface area contributed by atoms with Gasteiger partial charge < -0.3 is 5.11 Å². The number of allylic oxidation sites excluding steroid dienone is 1. The average Bonchev–Trinajstić information content (AvgIpc) is 2.26. The standard InChI is InChI=1S/C13H16O/c1-3-4-8-11(2)13(14)12-9-6-5-7-10-12/h4-10,13-14H,2-3H2,1H3/b8-4+. The lowest BCUT2D eigenvalue weighted by molar-refractivity contribution is 0.220. The molecule has 1 aromatic carbocycles. The number of rotatable bonds is 4. The van der Waals surface area contributed by atoms with Crippen LogP contribution in [0.2, 0.25) is 0 Å². The molecule has 0 saturated carbocycles. The van der Waals surface area contributed by atoms with E-state index in [9.17, 15) is 5.11 Å². The summed E-state index contributed by atoms with van der Waals surface area (Å²) in [6.45, 7) is 5.89. The summed E-state index contributed by atoms with van der Waals surface area (Å²) in [4.78, 5) is 0. The highest BCUT2D eigenvalue weighted by molar-refractivity contribution is 5.30. The number of hydrogen-bond donors (Lipinski definition) is 1. The van der Waals surface area contributed by atoms with Gasteiger partial charge >= 0.3 is 0 Å². The van der Waals surface area contributed by atoms with E-state index in [1.165, 1.54) is 0 Å². The zero-order chi connectivity index (χ0) is 10.4. The van der Waals surface area contributed by atoms with Gasteiger partial charge in [0.15, 0.2) is 0 Å². The molecule has 0 aliphatic carbocycles. The Bertz CT molecular complexity index is 311. The molecule has 0 fully saturated rings. The van der Waals surface area contributed by atoms with Gasteiger partial charge in [-0.3, -0.25) is 0 Å². The summed E-state index contributed by atoms with van der Waals surface area (Å²) in [5.41, 5.74) is 1.62. The van der Waals surface area contributed by atoms with Gasteiger partial charge in [0.2, 0.25) is 0 Å². The van der Waals surface area contributed by atoms with Gasteiger partial charge in [-0.1, -0.05) is 56.0 Å². The minimum Gasteiger partial charge on any atom is -0.384 e. The Balaban J connectivity index is 2.71. The number of aliphatic hydroxyl groups excluding tert-OH is 1. The van der Waals surface area contributed by atoms with Gasteiger partial charge in [0, 0.05) is 0 Å². The Morgan fingerprint density at radius 1 is 1.43 bits per heavy atom. The van der Waals surface area contributed by atoms with E-state index in [0.29, 0.717) is 0 Å². The lowest BCUT2D eigenvalue weighted by Gasteiger charge is -2.10. The van der Waals surface area contributed by atoms with Gasteiger partial charge in [-0.25, -0.2) is 0 Å². The number of benzene rings is 1. The third kappa shape index (κ3) is 2.86. The van der Waals surface area contributed by atoms with Crippen molar-refractivity contribution in [3.8, 4) is 0 Å². The molecule has 1 atom stereocenters. The first-order valence-electron chi connectivity index (χ1n) is 4.84. The van der Waals surface area contributed by atoms with E-state index in [2.05, 4.69) is 13.5 Å². The van der Waals surface area contributed by atoms with Crippen molar-refractivity contribution in [2.75, 3.05) is 0 Å². The molecule has 1 nitrogen and oxygen atoms in total. The molecule has 0 aliphatic rings. The molecule has 0 aromatic heterocycles. The van der Waals surface area contributed by atoms with Crippen LogP contribution in [-0.4, -0.2) is 5.11 Å². The van der Waals surface area contributed by atoms with Crippen molar-refractivity contribution in [2.45, 2.75) is 19.4 Å². The largest absolute Gasteiger partial charge is 0.384 e. The molecule has 0 spiro atoms. The first-order chi connectivity index (χ1) is 6.75. The van der Waals surface area contributed by atoms with Crippen LogP contribution in [-0.2, 0) is 0 Å². The molecule has 0 amide bonds. The van der Waals surface area contributed by atoms with Crippen molar-refractivity contribution in [3.05, 3.63) is 60.2 Å². The van der Waals surface area contributed by atoms with Crippen LogP contribution >= 0.6 is 0 Å². The smallest absolute Gasteiger partial charge is 0.103 e. The van der Waals surface area contributed by atoms with Crippen LogP contribution in [0.3, 0.4) is 0 Å². The summed E-state index contributed by atoms with van der Waals surface area (Å²) in [5.74, 6) is 0. The van der Waals surface area contributed by atoms with Crippen molar-refractivity contribution in [1.29, 1.82) is 0 Å². The fourth-order valence-corrected chi connectivity index (χ4v) is 1.21. The highest BCUT2D eigenvalue weighted by Gasteiger charge is 2.07. The Morgan fingerprint density at radius 3 is 2.64 bits per heavy atom. The van der Waals surface area contributed by atoms with Crippen LogP contribution in [0.4, 0.5) is 0 Å². The van der Waals surface area contributed by atoms with Crippen LogP contribution in [0.25, 0.3) is 0 Å². The Hall–Kier alpha value is -1.34. The second-order valence-electron chi connectivity index (χ2n) is 3.20. The maximum atomic E-state index is 9.86. The van der Waals surface area contributed by atoms with E-state index in [-0.39, 0.29) is 0 Å². The lowest BCUT2D eigenvalue weighted by Crippen LogP contribution is -1.97. The van der Waals surface area contributed by atoms with Gasteiger partial charge in [-0.15, -0.1) is 0 Å². The molecule has 0 bridgehead atoms. The molecule has 0 radical (unpaired) electrons. The summed E-state index contributed by atoms with van der Waals surface area (Å²) < 4.78 is 0. The van der Waals surface area contributed by atoms with Crippen molar-refractivity contribution in [3.63, 3.8) is 0 Å². The van der Waals surface area contributed by atoms with Crippen molar-refractivity contribution < 1.29 is 5.11 Å². The molecule has 1 rings (SSSR count). The zero-order valence-electron chi connectivity index (χ0n) is 8.48. The average molecular weight is 188 g/mol. The third-order valence-corrected chi connectivity index (χ3v) is 2.03. The number of hydrogen-bond acceptors (Lipinski definition) is 1. The quantitative estimate of drug-likeness (QED) is 0.719. The monoisotopic (exact) mass is 188 g/mol. The van der Waals surface area contributed by atoms with E-state index in [4.69, 9.17) is 0 Å². The van der Waals surface area contributed by atoms with Gasteiger partial charge in [0.1, 0.15) is 6.10 Å². The van der Waals surface area contributed by atoms with Crippen LogP contribution in [0.5, 0.6) is 0 Å². The summed E-state index contributed by atoms with van der Waals surface area (Å²) in [6.07, 6.45) is 4.24. The maximum Gasteiger partial charge on any atom is 0.103 e. The minimum absolute atomic E-state index is 0.584. The molecule has 1 unspecified atom stereocenters. The molecular formula is C13H16O. The van der Waals surface area contributed by atoms with E-state index < -0.39 is 6.10 Å². The lowest BCUT2D eigenvalue weighted by atomic mass is 10.0. The van der Waals surface area contributed by atoms with Crippen LogP contribution < -0.4 is 0 Å². The predicted octanol–water partition coefficient (Wildman–Crippen LogP) is 3.24. The molecule has 1 heteroatoms. The van der Waals surface area contributed by atoms with Crippen LogP contribution in [0.15, 0.2) is 54.6 Å². The van der Waals surface area contributed by atoms with Gasteiger partial charge in [-0.05, 0) is 17.6 Å².